The fraction of sp³-hybridized carbons (Fsp3) is 0.160. The first-order valence-corrected chi connectivity index (χ1v) is 11.9. The Bertz CT molecular complexity index is 1190. The fourth-order valence-corrected chi connectivity index (χ4v) is 4.72. The third-order valence-corrected chi connectivity index (χ3v) is 6.69. The van der Waals surface area contributed by atoms with Crippen LogP contribution in [0.4, 0.5) is 0 Å². The summed E-state index contributed by atoms with van der Waals surface area (Å²) in [6, 6.07) is 19.3. The van der Waals surface area contributed by atoms with E-state index in [0.29, 0.717) is 23.9 Å². The van der Waals surface area contributed by atoms with Gasteiger partial charge in [0.25, 0.3) is 0 Å². The lowest BCUT2D eigenvalue weighted by atomic mass is 10.1. The van der Waals surface area contributed by atoms with Gasteiger partial charge in [-0.2, -0.15) is 5.10 Å². The Morgan fingerprint density at radius 1 is 1.15 bits per heavy atom. The molecule has 0 N–H and O–H groups in total. The van der Waals surface area contributed by atoms with Crippen LogP contribution in [-0.2, 0) is 11.2 Å². The van der Waals surface area contributed by atoms with Crippen LogP contribution in [0, 0.1) is 0 Å². The second-order valence-electron chi connectivity index (χ2n) is 7.23. The van der Waals surface area contributed by atoms with Crippen molar-refractivity contribution in [3.8, 4) is 17.1 Å². The zero-order valence-corrected chi connectivity index (χ0v) is 20.4. The Labute approximate surface area is 205 Å². The lowest BCUT2D eigenvalue weighted by Crippen LogP contribution is -2.32. The van der Waals surface area contributed by atoms with E-state index in [-0.39, 0.29) is 11.2 Å². The van der Waals surface area contributed by atoms with Gasteiger partial charge < -0.3 is 9.15 Å². The summed E-state index contributed by atoms with van der Waals surface area (Å²) in [6.07, 6.45) is 3.83. The van der Waals surface area contributed by atoms with Gasteiger partial charge in [-0.25, -0.2) is 0 Å². The van der Waals surface area contributed by atoms with Crippen molar-refractivity contribution in [2.24, 2.45) is 10.2 Å². The first-order valence-electron chi connectivity index (χ1n) is 10.3. The molecule has 4 rings (SSSR count). The number of rotatable bonds is 8. The van der Waals surface area contributed by atoms with Crippen LogP contribution in [-0.4, -0.2) is 41.1 Å². The van der Waals surface area contributed by atoms with Crippen molar-refractivity contribution in [3.63, 3.8) is 0 Å². The van der Waals surface area contributed by atoms with Crippen LogP contribution in [0.3, 0.4) is 0 Å². The third kappa shape index (κ3) is 5.64. The van der Waals surface area contributed by atoms with Gasteiger partial charge in [-0.1, -0.05) is 58.0 Å². The standard InChI is InChI=1S/C25H22BrN3O3S/c1-3-14-29-24(30)23(15-17-4-10-20(31-2)11-5-17)33-25(29)28-27-16-21-12-13-22(32-21)18-6-8-19(26)9-7-18/h3-13,16,23H,1,14-15H2,2H3/b27-16+,28-25-. The SMILES string of the molecule is C=CCN1C(=O)C(Cc2ccc(OC)cc2)S/C1=N\N=C\c1ccc(-c2ccc(Br)cc2)o1. The molecular weight excluding hydrogens is 502 g/mol. The van der Waals surface area contributed by atoms with Crippen LogP contribution in [0.2, 0.25) is 0 Å². The molecule has 1 aromatic heterocycles. The average molecular weight is 524 g/mol. The van der Waals surface area contributed by atoms with Crippen LogP contribution in [0.25, 0.3) is 11.3 Å². The summed E-state index contributed by atoms with van der Waals surface area (Å²) in [5.74, 6) is 2.11. The van der Waals surface area contributed by atoms with Crippen molar-refractivity contribution in [2.75, 3.05) is 13.7 Å². The molecule has 6 nitrogen and oxygen atoms in total. The predicted octanol–water partition coefficient (Wildman–Crippen LogP) is 5.78. The molecule has 1 saturated heterocycles. The number of nitrogens with zero attached hydrogens (tertiary/aromatic N) is 3. The number of carbonyl (C=O) groups is 1. The van der Waals surface area contributed by atoms with E-state index in [4.69, 9.17) is 9.15 Å². The number of halogens is 1. The molecule has 33 heavy (non-hydrogen) atoms. The topological polar surface area (TPSA) is 67.4 Å². The maximum Gasteiger partial charge on any atom is 0.242 e. The number of benzene rings is 2. The van der Waals surface area contributed by atoms with Crippen LogP contribution in [0.1, 0.15) is 11.3 Å². The summed E-state index contributed by atoms with van der Waals surface area (Å²) in [6.45, 7) is 4.14. The minimum absolute atomic E-state index is 0.000177. The highest BCUT2D eigenvalue weighted by Crippen LogP contribution is 2.30. The number of ether oxygens (including phenoxy) is 1. The van der Waals surface area contributed by atoms with Gasteiger partial charge in [0.1, 0.15) is 17.3 Å². The Hall–Kier alpha value is -3.10. The van der Waals surface area contributed by atoms with Gasteiger partial charge in [0.2, 0.25) is 5.91 Å². The maximum atomic E-state index is 12.9. The summed E-state index contributed by atoms with van der Waals surface area (Å²) in [5, 5.41) is 8.76. The number of amides is 1. The number of hydrogen-bond donors (Lipinski definition) is 0. The quantitative estimate of drug-likeness (QED) is 0.213. The molecule has 2 aromatic carbocycles. The van der Waals surface area contributed by atoms with E-state index in [1.807, 2.05) is 60.7 Å². The molecule has 0 radical (unpaired) electrons. The van der Waals surface area contributed by atoms with Crippen LogP contribution >= 0.6 is 27.7 Å². The molecule has 1 aliphatic heterocycles. The Kier molecular flexibility index (Phi) is 7.47. The summed E-state index contributed by atoms with van der Waals surface area (Å²) in [7, 11) is 1.63. The van der Waals surface area contributed by atoms with Crippen LogP contribution in [0.15, 0.2) is 92.4 Å². The summed E-state index contributed by atoms with van der Waals surface area (Å²) in [5.41, 5.74) is 2.03. The highest BCUT2D eigenvalue weighted by atomic mass is 79.9. The highest BCUT2D eigenvalue weighted by molar-refractivity contribution is 9.10. The normalized spacial score (nSPS) is 17.3. The van der Waals surface area contributed by atoms with Crippen molar-refractivity contribution in [3.05, 3.63) is 89.1 Å². The minimum atomic E-state index is -0.264. The molecule has 0 bridgehead atoms. The molecule has 1 aliphatic rings. The number of furan rings is 1. The molecule has 0 saturated carbocycles. The van der Waals surface area contributed by atoms with Gasteiger partial charge >= 0.3 is 0 Å². The lowest BCUT2D eigenvalue weighted by Gasteiger charge is -2.12. The fourth-order valence-electron chi connectivity index (χ4n) is 3.32. The van der Waals surface area contributed by atoms with Crippen molar-refractivity contribution < 1.29 is 13.9 Å². The van der Waals surface area contributed by atoms with E-state index in [1.54, 1.807) is 24.3 Å². The number of thioether (sulfide) groups is 1. The number of amidine groups is 1. The highest BCUT2D eigenvalue weighted by Gasteiger charge is 2.37. The molecule has 0 spiro atoms. The first-order chi connectivity index (χ1) is 16.1. The maximum absolute atomic E-state index is 12.9. The summed E-state index contributed by atoms with van der Waals surface area (Å²) in [4.78, 5) is 14.5. The third-order valence-electron chi connectivity index (χ3n) is 5.00. The van der Waals surface area contributed by atoms with E-state index in [2.05, 4.69) is 32.7 Å². The number of carbonyl (C=O) groups excluding carboxylic acids is 1. The predicted molar refractivity (Wildman–Crippen MR) is 137 cm³/mol. The van der Waals surface area contributed by atoms with Gasteiger partial charge in [-0.15, -0.1) is 11.7 Å². The zero-order valence-electron chi connectivity index (χ0n) is 18.0. The van der Waals surface area contributed by atoms with E-state index < -0.39 is 0 Å². The monoisotopic (exact) mass is 523 g/mol. The molecule has 1 fully saturated rings. The van der Waals surface area contributed by atoms with Gasteiger partial charge in [0.05, 0.1) is 18.6 Å². The van der Waals surface area contributed by atoms with E-state index in [0.717, 1.165) is 27.1 Å². The molecule has 1 unspecified atom stereocenters. The van der Waals surface area contributed by atoms with Crippen molar-refractivity contribution in [1.29, 1.82) is 0 Å². The zero-order chi connectivity index (χ0) is 23.2. The van der Waals surface area contributed by atoms with Gasteiger partial charge in [0, 0.05) is 16.6 Å². The Morgan fingerprint density at radius 2 is 1.91 bits per heavy atom. The van der Waals surface area contributed by atoms with Gasteiger partial charge in [-0.3, -0.25) is 9.69 Å². The summed E-state index contributed by atoms with van der Waals surface area (Å²) < 4.78 is 12.1. The molecule has 1 atom stereocenters. The molecule has 2 heterocycles. The van der Waals surface area contributed by atoms with E-state index in [1.165, 1.54) is 11.8 Å². The largest absolute Gasteiger partial charge is 0.497 e. The smallest absolute Gasteiger partial charge is 0.242 e. The molecule has 3 aromatic rings. The average Bonchev–Trinajstić information content (AvgIpc) is 3.41. The van der Waals surface area contributed by atoms with Crippen LogP contribution < -0.4 is 4.74 Å². The molecule has 8 heteroatoms. The van der Waals surface area contributed by atoms with Crippen molar-refractivity contribution in [1.82, 2.24) is 4.90 Å². The van der Waals surface area contributed by atoms with Crippen molar-refractivity contribution >= 4 is 45.0 Å². The molecule has 0 aliphatic carbocycles. The van der Waals surface area contributed by atoms with Gasteiger partial charge in [0.15, 0.2) is 5.17 Å². The Morgan fingerprint density at radius 3 is 2.61 bits per heavy atom. The second kappa shape index (κ2) is 10.7. The van der Waals surface area contributed by atoms with E-state index >= 15 is 0 Å². The summed E-state index contributed by atoms with van der Waals surface area (Å²) >= 11 is 4.84. The first kappa shape index (κ1) is 23.1. The lowest BCUT2D eigenvalue weighted by molar-refractivity contribution is -0.125. The van der Waals surface area contributed by atoms with Crippen LogP contribution in [0.5, 0.6) is 5.75 Å². The molecule has 168 valence electrons. The van der Waals surface area contributed by atoms with Gasteiger partial charge in [-0.05, 0) is 48.4 Å². The molecular formula is C25H22BrN3O3S. The number of methoxy groups -OCH3 is 1. The number of hydrogen-bond acceptors (Lipinski definition) is 6. The Balaban J connectivity index is 1.46. The van der Waals surface area contributed by atoms with Crippen molar-refractivity contribution in [2.45, 2.75) is 11.7 Å². The second-order valence-corrected chi connectivity index (χ2v) is 9.32. The minimum Gasteiger partial charge on any atom is -0.497 e. The van der Waals surface area contributed by atoms with E-state index in [9.17, 15) is 4.79 Å². The molecule has 1 amide bonds.